The van der Waals surface area contributed by atoms with Crippen LogP contribution < -0.4 is 25.8 Å². The maximum absolute atomic E-state index is 14.2. The Morgan fingerprint density at radius 1 is 1.17 bits per heavy atom. The minimum absolute atomic E-state index is 0.142. The van der Waals surface area contributed by atoms with Gasteiger partial charge in [-0.25, -0.2) is 28.2 Å². The van der Waals surface area contributed by atoms with Crippen molar-refractivity contribution in [2.45, 2.75) is 38.0 Å². The van der Waals surface area contributed by atoms with Crippen LogP contribution in [-0.4, -0.2) is 81.8 Å². The van der Waals surface area contributed by atoms with E-state index >= 15 is 0 Å². The van der Waals surface area contributed by atoms with Crippen molar-refractivity contribution in [1.29, 1.82) is 0 Å². The smallest absolute Gasteiger partial charge is 0.355 e. The number of hydrazine groups is 1. The molecule has 2 aliphatic heterocycles. The van der Waals surface area contributed by atoms with E-state index in [0.29, 0.717) is 54.3 Å². The van der Waals surface area contributed by atoms with Crippen molar-refractivity contribution in [3.8, 4) is 11.5 Å². The molecule has 2 aromatic carbocycles. The quantitative estimate of drug-likeness (QED) is 0.129. The number of carbonyl (C=O) groups is 1. The van der Waals surface area contributed by atoms with E-state index in [1.165, 1.54) is 29.3 Å². The zero-order valence-corrected chi connectivity index (χ0v) is 27.1. The van der Waals surface area contributed by atoms with E-state index in [1.807, 2.05) is 13.8 Å². The van der Waals surface area contributed by atoms with Gasteiger partial charge in [-0.05, 0) is 68.1 Å². The first-order valence-corrected chi connectivity index (χ1v) is 17.1. The van der Waals surface area contributed by atoms with Crippen LogP contribution in [0.15, 0.2) is 47.5 Å². The van der Waals surface area contributed by atoms with Gasteiger partial charge in [0.25, 0.3) is 0 Å². The van der Waals surface area contributed by atoms with E-state index in [1.54, 1.807) is 18.3 Å². The number of nitrogens with one attached hydrogen (secondary N) is 2. The van der Waals surface area contributed by atoms with Gasteiger partial charge in [-0.3, -0.25) is 0 Å². The number of esters is 1. The molecule has 1 saturated heterocycles. The third-order valence-corrected chi connectivity index (χ3v) is 9.49. The van der Waals surface area contributed by atoms with Crippen molar-refractivity contribution in [2.24, 2.45) is 23.4 Å². The highest BCUT2D eigenvalue weighted by Crippen LogP contribution is 2.32. The molecule has 0 amide bonds. The number of carbonyl (C=O) groups excluding carboxylic acids is 1. The Labute approximate surface area is 268 Å². The summed E-state index contributed by atoms with van der Waals surface area (Å²) in [6.07, 6.45) is 4.03. The third-order valence-electron chi connectivity index (χ3n) is 8.03. The summed E-state index contributed by atoms with van der Waals surface area (Å²) in [6.45, 7) is 8.07. The number of fused-ring (bicyclic) bond motifs is 2. The van der Waals surface area contributed by atoms with Crippen LogP contribution in [0.1, 0.15) is 49.2 Å². The van der Waals surface area contributed by atoms with Gasteiger partial charge in [0.15, 0.2) is 11.5 Å². The molecule has 1 aromatic heterocycles. The lowest BCUT2D eigenvalue weighted by molar-refractivity contribution is 0.0452. The molecule has 14 heteroatoms. The summed E-state index contributed by atoms with van der Waals surface area (Å²) in [5.74, 6) is 6.73. The number of ether oxygens (including phenoxy) is 3. The van der Waals surface area contributed by atoms with Crippen LogP contribution in [0.2, 0.25) is 0 Å². The second kappa shape index (κ2) is 14.7. The molecule has 3 aromatic rings. The van der Waals surface area contributed by atoms with Crippen LogP contribution in [0.4, 0.5) is 4.39 Å². The molecule has 1 fully saturated rings. The van der Waals surface area contributed by atoms with Gasteiger partial charge in [0.1, 0.15) is 11.5 Å². The maximum Gasteiger partial charge on any atom is 0.355 e. The summed E-state index contributed by atoms with van der Waals surface area (Å²) in [5.41, 5.74) is 7.74. The fourth-order valence-electron chi connectivity index (χ4n) is 5.65. The Kier molecular flexibility index (Phi) is 10.7. The average molecular weight is 659 g/mol. The predicted octanol–water partition coefficient (Wildman–Crippen LogP) is 3.40. The summed E-state index contributed by atoms with van der Waals surface area (Å²) in [4.78, 5) is 18.3. The SMILES string of the molecule is CC(C)COC(=O)c1[nH]c2ccc(F)cc2c1/C(N)=C/N(N)CC1CCN(CCNS(=O)(=O)c2ccc3c(c2)OCCCO3)CC1. The van der Waals surface area contributed by atoms with E-state index in [2.05, 4.69) is 14.6 Å². The number of hydrogen-bond donors (Lipinski definition) is 4. The summed E-state index contributed by atoms with van der Waals surface area (Å²) < 4.78 is 59.3. The highest BCUT2D eigenvalue weighted by Gasteiger charge is 2.24. The molecule has 5 rings (SSSR count). The molecule has 3 heterocycles. The first-order valence-electron chi connectivity index (χ1n) is 15.6. The molecule has 6 N–H and O–H groups in total. The van der Waals surface area contributed by atoms with Crippen molar-refractivity contribution >= 4 is 32.6 Å². The number of halogens is 1. The number of piperidine rings is 1. The second-order valence-corrected chi connectivity index (χ2v) is 13.9. The van der Waals surface area contributed by atoms with Crippen LogP contribution in [0.25, 0.3) is 16.6 Å². The molecular weight excluding hydrogens is 615 g/mol. The second-order valence-electron chi connectivity index (χ2n) is 12.2. The molecule has 46 heavy (non-hydrogen) atoms. The normalized spacial score (nSPS) is 16.5. The lowest BCUT2D eigenvalue weighted by Gasteiger charge is -2.33. The number of aromatic nitrogens is 1. The van der Waals surface area contributed by atoms with Crippen LogP contribution >= 0.6 is 0 Å². The Bertz CT molecular complexity index is 1670. The van der Waals surface area contributed by atoms with Gasteiger partial charge in [0, 0.05) is 54.8 Å². The largest absolute Gasteiger partial charge is 0.490 e. The number of nitrogens with zero attached hydrogens (tertiary/aromatic N) is 2. The number of nitrogens with two attached hydrogens (primary N) is 2. The molecule has 0 unspecified atom stereocenters. The van der Waals surface area contributed by atoms with Gasteiger partial charge in [-0.1, -0.05) is 13.8 Å². The Hall–Kier alpha value is -3.85. The molecule has 0 saturated carbocycles. The summed E-state index contributed by atoms with van der Waals surface area (Å²) in [6, 6.07) is 8.85. The third kappa shape index (κ3) is 8.29. The lowest BCUT2D eigenvalue weighted by atomic mass is 9.96. The van der Waals surface area contributed by atoms with Gasteiger partial charge in [-0.15, -0.1) is 0 Å². The van der Waals surface area contributed by atoms with Crippen LogP contribution in [0.3, 0.4) is 0 Å². The van der Waals surface area contributed by atoms with E-state index < -0.39 is 21.8 Å². The number of benzene rings is 2. The maximum atomic E-state index is 14.2. The van der Waals surface area contributed by atoms with Crippen LogP contribution in [0, 0.1) is 17.7 Å². The Morgan fingerprint density at radius 2 is 1.91 bits per heavy atom. The van der Waals surface area contributed by atoms with Crippen molar-refractivity contribution in [1.82, 2.24) is 19.6 Å². The van der Waals surface area contributed by atoms with Gasteiger partial charge < -0.3 is 34.8 Å². The van der Waals surface area contributed by atoms with Crippen LogP contribution in [0.5, 0.6) is 11.5 Å². The van der Waals surface area contributed by atoms with Gasteiger partial charge in [0.2, 0.25) is 10.0 Å². The summed E-state index contributed by atoms with van der Waals surface area (Å²) in [5, 5.41) is 1.97. The van der Waals surface area contributed by atoms with E-state index in [0.717, 1.165) is 32.4 Å². The number of rotatable bonds is 12. The van der Waals surface area contributed by atoms with Crippen molar-refractivity contribution in [3.05, 3.63) is 59.7 Å². The van der Waals surface area contributed by atoms with Crippen molar-refractivity contribution in [2.75, 3.05) is 52.5 Å². The highest BCUT2D eigenvalue weighted by molar-refractivity contribution is 7.89. The molecule has 0 radical (unpaired) electrons. The van der Waals surface area contributed by atoms with Crippen LogP contribution in [-0.2, 0) is 14.8 Å². The standard InChI is InChI=1S/C32H43FN6O6S/c1-21(2)20-45-32(40)31-30(25-16-23(33)4-6-27(25)37-31)26(34)19-39(35)18-22-8-11-38(12-9-22)13-10-36-46(41,42)24-5-7-28-29(17-24)44-15-3-14-43-28/h4-7,16-17,19,21-22,36-37H,3,8-15,18,20,34-35H2,1-2H3/b26-19-. The van der Waals surface area contributed by atoms with E-state index in [-0.39, 0.29) is 41.3 Å². The number of sulfonamides is 1. The number of aromatic amines is 1. The Balaban J connectivity index is 1.13. The predicted molar refractivity (Wildman–Crippen MR) is 173 cm³/mol. The zero-order chi connectivity index (χ0) is 32.8. The summed E-state index contributed by atoms with van der Waals surface area (Å²) >= 11 is 0. The first kappa shape index (κ1) is 33.5. The number of H-pyrrole nitrogens is 1. The number of likely N-dealkylation sites (tertiary alicyclic amines) is 1. The molecule has 2 aliphatic rings. The topological polar surface area (TPSA) is 165 Å². The fraction of sp³-hybridized carbons (Fsp3) is 0.469. The van der Waals surface area contributed by atoms with E-state index in [4.69, 9.17) is 25.8 Å². The monoisotopic (exact) mass is 658 g/mol. The highest BCUT2D eigenvalue weighted by atomic mass is 32.2. The molecule has 250 valence electrons. The summed E-state index contributed by atoms with van der Waals surface area (Å²) in [7, 11) is -3.70. The van der Waals surface area contributed by atoms with Crippen molar-refractivity contribution in [3.63, 3.8) is 0 Å². The molecular formula is C32H43FN6O6S. The molecule has 0 aliphatic carbocycles. The Morgan fingerprint density at radius 3 is 2.65 bits per heavy atom. The minimum Gasteiger partial charge on any atom is -0.490 e. The minimum atomic E-state index is -3.70. The van der Waals surface area contributed by atoms with Gasteiger partial charge in [0.05, 0.1) is 30.4 Å². The van der Waals surface area contributed by atoms with Gasteiger partial charge in [-0.2, -0.15) is 0 Å². The zero-order valence-electron chi connectivity index (χ0n) is 26.3. The number of hydrogen-bond acceptors (Lipinski definition) is 10. The molecule has 12 nitrogen and oxygen atoms in total. The van der Waals surface area contributed by atoms with E-state index in [9.17, 15) is 17.6 Å². The molecule has 0 atom stereocenters. The molecule has 0 bridgehead atoms. The van der Waals surface area contributed by atoms with Crippen molar-refractivity contribution < 1.29 is 31.8 Å². The van der Waals surface area contributed by atoms with Gasteiger partial charge >= 0.3 is 5.97 Å². The average Bonchev–Trinajstić information content (AvgIpc) is 3.23. The molecule has 0 spiro atoms. The fourth-order valence-corrected chi connectivity index (χ4v) is 6.69. The first-order chi connectivity index (χ1) is 22.0. The lowest BCUT2D eigenvalue weighted by Crippen LogP contribution is -2.42.